The summed E-state index contributed by atoms with van der Waals surface area (Å²) in [6.07, 6.45) is 3.31. The molecular weight excluding hydrogens is 462 g/mol. The van der Waals surface area contributed by atoms with Gasteiger partial charge in [0.05, 0.1) is 5.02 Å². The predicted molar refractivity (Wildman–Crippen MR) is 114 cm³/mol. The van der Waals surface area contributed by atoms with E-state index in [0.29, 0.717) is 36.8 Å². The van der Waals surface area contributed by atoms with E-state index in [0.717, 1.165) is 12.8 Å². The van der Waals surface area contributed by atoms with Crippen molar-refractivity contribution in [2.24, 2.45) is 5.92 Å². The molecule has 1 unspecified atom stereocenters. The molecule has 1 amide bonds. The van der Waals surface area contributed by atoms with E-state index in [1.54, 1.807) is 27.8 Å². The number of sulfonamides is 1. The van der Waals surface area contributed by atoms with Gasteiger partial charge in [-0.1, -0.05) is 18.5 Å². The number of amides is 1. The van der Waals surface area contributed by atoms with E-state index in [9.17, 15) is 27.3 Å². The molecule has 172 valence electrons. The van der Waals surface area contributed by atoms with E-state index in [2.05, 4.69) is 11.6 Å². The van der Waals surface area contributed by atoms with Crippen molar-refractivity contribution in [1.29, 1.82) is 5.26 Å². The lowest BCUT2D eigenvalue weighted by molar-refractivity contribution is -0.134. The molecule has 0 spiro atoms. The summed E-state index contributed by atoms with van der Waals surface area (Å²) in [6.45, 7) is 3.28. The number of carbonyl (C=O) groups is 1. The van der Waals surface area contributed by atoms with Gasteiger partial charge in [-0.15, -0.1) is 0 Å². The van der Waals surface area contributed by atoms with Crippen LogP contribution in [0.2, 0.25) is 5.02 Å². The summed E-state index contributed by atoms with van der Waals surface area (Å²) in [5.41, 5.74) is 0.370. The van der Waals surface area contributed by atoms with E-state index in [1.165, 1.54) is 0 Å². The van der Waals surface area contributed by atoms with E-state index >= 15 is 0 Å². The van der Waals surface area contributed by atoms with Crippen molar-refractivity contribution in [3.05, 3.63) is 52.8 Å². The van der Waals surface area contributed by atoms with E-state index in [1.807, 2.05) is 6.07 Å². The van der Waals surface area contributed by atoms with E-state index in [4.69, 9.17) is 11.6 Å². The fourth-order valence-corrected chi connectivity index (χ4v) is 5.37. The monoisotopic (exact) mass is 484 g/mol. The molecule has 1 aromatic carbocycles. The number of aromatic nitrogens is 1. The minimum atomic E-state index is -4.44. The predicted octanol–water partition coefficient (Wildman–Crippen LogP) is 3.29. The second-order valence-corrected chi connectivity index (χ2v) is 9.96. The molecule has 1 aliphatic heterocycles. The van der Waals surface area contributed by atoms with Gasteiger partial charge < -0.3 is 9.47 Å². The number of benzene rings is 1. The molecule has 32 heavy (non-hydrogen) atoms. The molecule has 1 N–H and O–H groups in total. The van der Waals surface area contributed by atoms with Gasteiger partial charge in [-0.2, -0.15) is 9.98 Å². The Hall–Kier alpha value is -2.48. The van der Waals surface area contributed by atoms with Crippen molar-refractivity contribution in [2.75, 3.05) is 13.1 Å². The van der Waals surface area contributed by atoms with Crippen LogP contribution in [-0.4, -0.2) is 42.9 Å². The Bertz CT molecular complexity index is 1140. The first kappa shape index (κ1) is 24.2. The number of hydrogen-bond acceptors (Lipinski definition) is 4. The Morgan fingerprint density at radius 2 is 1.97 bits per heavy atom. The van der Waals surface area contributed by atoms with Crippen LogP contribution in [0.25, 0.3) is 0 Å². The summed E-state index contributed by atoms with van der Waals surface area (Å²) >= 11 is 5.85. The van der Waals surface area contributed by atoms with Crippen LogP contribution in [0, 0.1) is 28.9 Å². The van der Waals surface area contributed by atoms with Crippen LogP contribution in [0.5, 0.6) is 0 Å². The third kappa shape index (κ3) is 5.46. The van der Waals surface area contributed by atoms with Crippen molar-refractivity contribution < 1.29 is 22.0 Å². The molecule has 2 heterocycles. The Labute approximate surface area is 190 Å². The molecule has 0 aliphatic carbocycles. The Kier molecular flexibility index (Phi) is 7.54. The highest BCUT2D eigenvalue weighted by molar-refractivity contribution is 7.89. The SMILES string of the molecule is CC1CCN(C(=O)C(CCn2cccc2C#N)NS(=O)(=O)c2cc(F)c(F)cc2Cl)CC1. The smallest absolute Gasteiger partial charge is 0.242 e. The molecule has 11 heteroatoms. The Morgan fingerprint density at radius 3 is 2.62 bits per heavy atom. The number of halogens is 3. The van der Waals surface area contributed by atoms with Crippen LogP contribution >= 0.6 is 11.6 Å². The van der Waals surface area contributed by atoms with Gasteiger partial charge in [0.2, 0.25) is 15.9 Å². The summed E-state index contributed by atoms with van der Waals surface area (Å²) in [5.74, 6) is -2.59. The molecule has 1 saturated heterocycles. The summed E-state index contributed by atoms with van der Waals surface area (Å²) in [4.78, 5) is 14.1. The fourth-order valence-electron chi connectivity index (χ4n) is 3.62. The highest BCUT2D eigenvalue weighted by atomic mass is 35.5. The second-order valence-electron chi connectivity index (χ2n) is 7.87. The maximum atomic E-state index is 13.7. The molecule has 0 radical (unpaired) electrons. The minimum absolute atomic E-state index is 0.0504. The second kappa shape index (κ2) is 9.98. The number of aryl methyl sites for hydroxylation is 1. The molecule has 0 bridgehead atoms. The van der Waals surface area contributed by atoms with E-state index < -0.39 is 43.5 Å². The summed E-state index contributed by atoms with van der Waals surface area (Å²) in [7, 11) is -4.44. The number of nitrogens with one attached hydrogen (secondary N) is 1. The van der Waals surface area contributed by atoms with Gasteiger partial charge in [-0.05, 0) is 49.4 Å². The quantitative estimate of drug-likeness (QED) is 0.610. The molecule has 1 fully saturated rings. The normalized spacial score (nSPS) is 16.0. The highest BCUT2D eigenvalue weighted by Crippen LogP contribution is 2.25. The summed E-state index contributed by atoms with van der Waals surface area (Å²) in [5, 5.41) is 8.69. The fraction of sp³-hybridized carbons (Fsp3) is 0.429. The maximum Gasteiger partial charge on any atom is 0.242 e. The summed E-state index contributed by atoms with van der Waals surface area (Å²) < 4.78 is 56.9. The maximum absolute atomic E-state index is 13.7. The number of carbonyl (C=O) groups excluding carboxylic acids is 1. The van der Waals surface area contributed by atoms with Gasteiger partial charge in [0, 0.05) is 25.8 Å². The third-order valence-corrected chi connectivity index (χ3v) is 7.49. The highest BCUT2D eigenvalue weighted by Gasteiger charge is 2.32. The lowest BCUT2D eigenvalue weighted by Crippen LogP contribution is -2.51. The molecule has 1 atom stereocenters. The van der Waals surface area contributed by atoms with Gasteiger partial charge in [-0.25, -0.2) is 17.2 Å². The number of hydrogen-bond donors (Lipinski definition) is 1. The van der Waals surface area contributed by atoms with Gasteiger partial charge in [0.25, 0.3) is 0 Å². The van der Waals surface area contributed by atoms with Crippen LogP contribution in [0.3, 0.4) is 0 Å². The van der Waals surface area contributed by atoms with Gasteiger partial charge in [0.15, 0.2) is 11.6 Å². The number of piperidine rings is 1. The van der Waals surface area contributed by atoms with Gasteiger partial charge in [0.1, 0.15) is 22.7 Å². The zero-order valence-electron chi connectivity index (χ0n) is 17.4. The average molecular weight is 485 g/mol. The topological polar surface area (TPSA) is 95.2 Å². The zero-order valence-corrected chi connectivity index (χ0v) is 19.0. The van der Waals surface area contributed by atoms with E-state index in [-0.39, 0.29) is 13.0 Å². The lowest BCUT2D eigenvalue weighted by Gasteiger charge is -2.33. The first-order valence-electron chi connectivity index (χ1n) is 10.1. The van der Waals surface area contributed by atoms with Crippen LogP contribution in [0.1, 0.15) is 31.9 Å². The number of rotatable bonds is 7. The molecule has 1 aromatic heterocycles. The van der Waals surface area contributed by atoms with Crippen molar-refractivity contribution >= 4 is 27.5 Å². The van der Waals surface area contributed by atoms with Crippen molar-refractivity contribution in [2.45, 2.75) is 43.7 Å². The van der Waals surface area contributed by atoms with Crippen molar-refractivity contribution in [1.82, 2.24) is 14.2 Å². The zero-order chi connectivity index (χ0) is 23.5. The van der Waals surface area contributed by atoms with Crippen LogP contribution in [-0.2, 0) is 21.4 Å². The Balaban J connectivity index is 1.86. The van der Waals surface area contributed by atoms with Crippen LogP contribution in [0.15, 0.2) is 35.4 Å². The molecule has 1 aliphatic rings. The lowest BCUT2D eigenvalue weighted by atomic mass is 9.98. The molecule has 3 rings (SSSR count). The average Bonchev–Trinajstić information content (AvgIpc) is 3.21. The standard InChI is InChI=1S/C21H23ClF2N4O3S/c1-14-4-8-28(9-5-14)21(29)19(6-10-27-7-2-3-15(27)13-25)26-32(30,31)20-12-18(24)17(23)11-16(20)22/h2-3,7,11-12,14,19,26H,4-6,8-10H2,1H3. The van der Waals surface area contributed by atoms with Gasteiger partial charge >= 0.3 is 0 Å². The first-order valence-corrected chi connectivity index (χ1v) is 12.0. The molecule has 7 nitrogen and oxygen atoms in total. The number of nitriles is 1. The van der Waals surface area contributed by atoms with Crippen molar-refractivity contribution in [3.8, 4) is 6.07 Å². The molecule has 2 aromatic rings. The largest absolute Gasteiger partial charge is 0.341 e. The molecular formula is C21H23ClF2N4O3S. The van der Waals surface area contributed by atoms with Gasteiger partial charge in [-0.3, -0.25) is 4.79 Å². The number of likely N-dealkylation sites (tertiary alicyclic amines) is 1. The first-order chi connectivity index (χ1) is 15.1. The van der Waals surface area contributed by atoms with Crippen molar-refractivity contribution in [3.63, 3.8) is 0 Å². The minimum Gasteiger partial charge on any atom is -0.341 e. The summed E-state index contributed by atoms with van der Waals surface area (Å²) in [6, 6.07) is 5.19. The third-order valence-electron chi connectivity index (χ3n) is 5.56. The molecule has 0 saturated carbocycles. The number of nitrogens with zero attached hydrogens (tertiary/aromatic N) is 3. The Morgan fingerprint density at radius 1 is 1.31 bits per heavy atom. The van der Waals surface area contributed by atoms with Crippen LogP contribution in [0.4, 0.5) is 8.78 Å². The van der Waals surface area contributed by atoms with Crippen LogP contribution < -0.4 is 4.72 Å².